The molecule has 0 unspecified atom stereocenters. The van der Waals surface area contributed by atoms with E-state index in [0.29, 0.717) is 6.42 Å². The highest BCUT2D eigenvalue weighted by atomic mass is 32.2. The smallest absolute Gasteiger partial charge is 0.243 e. The standard InChI is InChI=1S/C18H21FN2O4S/c1-21(26(23,24)17-11-9-16(19)10-12-17)13-5-8-18(22)20-25-14-15-6-3-2-4-7-15/h2-4,6-7,9-12H,5,8,13-14H2,1H3,(H,20,22). The predicted molar refractivity (Wildman–Crippen MR) is 94.8 cm³/mol. The fraction of sp³-hybridized carbons (Fsp3) is 0.278. The quantitative estimate of drug-likeness (QED) is 0.678. The van der Waals surface area contributed by atoms with Crippen LogP contribution < -0.4 is 5.48 Å². The Morgan fingerprint density at radius 2 is 1.77 bits per heavy atom. The maximum atomic E-state index is 12.9. The van der Waals surface area contributed by atoms with Gasteiger partial charge in [0.1, 0.15) is 5.82 Å². The summed E-state index contributed by atoms with van der Waals surface area (Å²) in [6.07, 6.45) is 0.454. The van der Waals surface area contributed by atoms with Crippen LogP contribution in [0.1, 0.15) is 18.4 Å². The zero-order valence-corrected chi connectivity index (χ0v) is 15.2. The average molecular weight is 380 g/mol. The van der Waals surface area contributed by atoms with E-state index in [4.69, 9.17) is 4.84 Å². The van der Waals surface area contributed by atoms with Crippen molar-refractivity contribution >= 4 is 15.9 Å². The number of hydroxylamine groups is 1. The molecule has 0 spiro atoms. The van der Waals surface area contributed by atoms with Gasteiger partial charge in [0.25, 0.3) is 0 Å². The highest BCUT2D eigenvalue weighted by Gasteiger charge is 2.20. The summed E-state index contributed by atoms with van der Waals surface area (Å²) in [5, 5.41) is 0. The minimum atomic E-state index is -3.70. The fourth-order valence-electron chi connectivity index (χ4n) is 2.19. The predicted octanol–water partition coefficient (Wildman–Crippen LogP) is 2.47. The van der Waals surface area contributed by atoms with Gasteiger partial charge >= 0.3 is 0 Å². The van der Waals surface area contributed by atoms with E-state index in [1.165, 1.54) is 19.2 Å². The van der Waals surface area contributed by atoms with Gasteiger partial charge in [-0.3, -0.25) is 9.63 Å². The van der Waals surface area contributed by atoms with E-state index in [2.05, 4.69) is 5.48 Å². The second-order valence-electron chi connectivity index (χ2n) is 5.68. The van der Waals surface area contributed by atoms with Gasteiger partial charge in [0.15, 0.2) is 0 Å². The molecular formula is C18H21FN2O4S. The summed E-state index contributed by atoms with van der Waals surface area (Å²) >= 11 is 0. The Morgan fingerprint density at radius 1 is 1.12 bits per heavy atom. The van der Waals surface area contributed by atoms with Crippen molar-refractivity contribution in [3.05, 3.63) is 66.0 Å². The summed E-state index contributed by atoms with van der Waals surface area (Å²) < 4.78 is 38.7. The van der Waals surface area contributed by atoms with Gasteiger partial charge in [0.2, 0.25) is 15.9 Å². The van der Waals surface area contributed by atoms with Crippen LogP contribution in [0.3, 0.4) is 0 Å². The molecule has 2 aromatic carbocycles. The van der Waals surface area contributed by atoms with Crippen LogP contribution in [0.5, 0.6) is 0 Å². The van der Waals surface area contributed by atoms with Crippen LogP contribution in [-0.2, 0) is 26.3 Å². The molecule has 2 aromatic rings. The molecule has 0 bridgehead atoms. The minimum Gasteiger partial charge on any atom is -0.273 e. The van der Waals surface area contributed by atoms with Crippen LogP contribution in [0, 0.1) is 5.82 Å². The average Bonchev–Trinajstić information content (AvgIpc) is 2.63. The van der Waals surface area contributed by atoms with Gasteiger partial charge in [-0.25, -0.2) is 22.6 Å². The van der Waals surface area contributed by atoms with Crippen molar-refractivity contribution in [2.24, 2.45) is 0 Å². The van der Waals surface area contributed by atoms with Crippen LogP contribution in [0.25, 0.3) is 0 Å². The number of amides is 1. The number of sulfonamides is 1. The van der Waals surface area contributed by atoms with Crippen LogP contribution in [0.15, 0.2) is 59.5 Å². The number of nitrogens with one attached hydrogen (secondary N) is 1. The summed E-state index contributed by atoms with van der Waals surface area (Å²) in [6.45, 7) is 0.414. The van der Waals surface area contributed by atoms with E-state index in [1.54, 1.807) is 0 Å². The fourth-order valence-corrected chi connectivity index (χ4v) is 3.40. The molecule has 0 aliphatic rings. The van der Waals surface area contributed by atoms with E-state index < -0.39 is 15.8 Å². The molecule has 0 radical (unpaired) electrons. The second-order valence-corrected chi connectivity index (χ2v) is 7.73. The summed E-state index contributed by atoms with van der Waals surface area (Å²) in [5.41, 5.74) is 3.26. The normalized spacial score (nSPS) is 11.5. The molecule has 140 valence electrons. The second kappa shape index (κ2) is 9.42. The van der Waals surface area contributed by atoms with Gasteiger partial charge in [-0.05, 0) is 36.2 Å². The molecule has 0 heterocycles. The molecule has 0 saturated carbocycles. The lowest BCUT2D eigenvalue weighted by molar-refractivity contribution is -0.134. The summed E-state index contributed by atoms with van der Waals surface area (Å²) in [4.78, 5) is 16.9. The van der Waals surface area contributed by atoms with E-state index in [-0.39, 0.29) is 30.4 Å². The molecule has 0 aliphatic heterocycles. The molecule has 0 saturated heterocycles. The maximum absolute atomic E-state index is 12.9. The number of benzene rings is 2. The monoisotopic (exact) mass is 380 g/mol. The first kappa shape index (κ1) is 20.0. The topological polar surface area (TPSA) is 75.7 Å². The number of hydrogen-bond donors (Lipinski definition) is 1. The number of hydrogen-bond acceptors (Lipinski definition) is 4. The van der Waals surface area contributed by atoms with Crippen molar-refractivity contribution in [1.29, 1.82) is 0 Å². The van der Waals surface area contributed by atoms with Crippen molar-refractivity contribution in [3.63, 3.8) is 0 Å². The van der Waals surface area contributed by atoms with Gasteiger partial charge in [-0.2, -0.15) is 0 Å². The Balaban J connectivity index is 1.72. The lowest BCUT2D eigenvalue weighted by Gasteiger charge is -2.17. The molecule has 2 rings (SSSR count). The van der Waals surface area contributed by atoms with Crippen LogP contribution in [-0.4, -0.2) is 32.2 Å². The van der Waals surface area contributed by atoms with Crippen molar-refractivity contribution in [2.45, 2.75) is 24.3 Å². The molecule has 8 heteroatoms. The maximum Gasteiger partial charge on any atom is 0.243 e. The summed E-state index contributed by atoms with van der Waals surface area (Å²) in [7, 11) is -2.28. The molecule has 26 heavy (non-hydrogen) atoms. The highest BCUT2D eigenvalue weighted by Crippen LogP contribution is 2.15. The third-order valence-corrected chi connectivity index (χ3v) is 5.54. The van der Waals surface area contributed by atoms with Crippen molar-refractivity contribution in [1.82, 2.24) is 9.79 Å². The van der Waals surface area contributed by atoms with Gasteiger partial charge in [-0.1, -0.05) is 30.3 Å². The Morgan fingerprint density at radius 3 is 2.42 bits per heavy atom. The number of halogens is 1. The third-order valence-electron chi connectivity index (χ3n) is 3.67. The Labute approximate surface area is 152 Å². The van der Waals surface area contributed by atoms with Crippen LogP contribution >= 0.6 is 0 Å². The van der Waals surface area contributed by atoms with Gasteiger partial charge in [0.05, 0.1) is 11.5 Å². The number of carbonyl (C=O) groups excluding carboxylic acids is 1. The first-order valence-corrected chi connectivity index (χ1v) is 9.50. The highest BCUT2D eigenvalue weighted by molar-refractivity contribution is 7.89. The lowest BCUT2D eigenvalue weighted by atomic mass is 10.2. The van der Waals surface area contributed by atoms with E-state index in [9.17, 15) is 17.6 Å². The summed E-state index contributed by atoms with van der Waals surface area (Å²) in [6, 6.07) is 14.0. The van der Waals surface area contributed by atoms with Crippen molar-refractivity contribution in [3.8, 4) is 0 Å². The van der Waals surface area contributed by atoms with Gasteiger partial charge in [-0.15, -0.1) is 0 Å². The number of carbonyl (C=O) groups is 1. The molecule has 0 aliphatic carbocycles. The van der Waals surface area contributed by atoms with E-state index in [1.807, 2.05) is 30.3 Å². The van der Waals surface area contributed by atoms with Crippen LogP contribution in [0.2, 0.25) is 0 Å². The van der Waals surface area contributed by atoms with Gasteiger partial charge < -0.3 is 0 Å². The zero-order chi connectivity index (χ0) is 19.0. The van der Waals surface area contributed by atoms with Gasteiger partial charge in [0, 0.05) is 20.0 Å². The minimum absolute atomic E-state index is 0.0112. The van der Waals surface area contributed by atoms with Crippen molar-refractivity contribution < 1.29 is 22.4 Å². The molecule has 1 amide bonds. The largest absolute Gasteiger partial charge is 0.273 e. The number of rotatable bonds is 9. The molecule has 0 fully saturated rings. The molecule has 1 N–H and O–H groups in total. The Kier molecular flexibility index (Phi) is 7.26. The molecule has 6 nitrogen and oxygen atoms in total. The Hall–Kier alpha value is -2.29. The number of nitrogens with zero attached hydrogens (tertiary/aromatic N) is 1. The summed E-state index contributed by atoms with van der Waals surface area (Å²) in [5.74, 6) is -0.827. The molecule has 0 aromatic heterocycles. The van der Waals surface area contributed by atoms with Crippen molar-refractivity contribution in [2.75, 3.05) is 13.6 Å². The SMILES string of the molecule is CN(CCCC(=O)NOCc1ccccc1)S(=O)(=O)c1ccc(F)cc1. The molecular weight excluding hydrogens is 359 g/mol. The Bertz CT molecular complexity index is 811. The molecule has 0 atom stereocenters. The third kappa shape index (κ3) is 5.91. The zero-order valence-electron chi connectivity index (χ0n) is 14.4. The van der Waals surface area contributed by atoms with E-state index in [0.717, 1.165) is 22.0 Å². The van der Waals surface area contributed by atoms with E-state index >= 15 is 0 Å². The van der Waals surface area contributed by atoms with Crippen LogP contribution in [0.4, 0.5) is 4.39 Å². The first-order chi connectivity index (χ1) is 12.4. The lowest BCUT2D eigenvalue weighted by Crippen LogP contribution is -2.29. The first-order valence-electron chi connectivity index (χ1n) is 8.06.